The van der Waals surface area contributed by atoms with Gasteiger partial charge < -0.3 is 20.1 Å². The number of esters is 2. The van der Waals surface area contributed by atoms with Gasteiger partial charge in [0, 0.05) is 0 Å². The van der Waals surface area contributed by atoms with E-state index in [2.05, 4.69) is 10.6 Å². The Kier molecular flexibility index (Phi) is 8.12. The molecule has 0 radical (unpaired) electrons. The second-order valence-corrected chi connectivity index (χ2v) is 6.99. The third-order valence-corrected chi connectivity index (χ3v) is 4.76. The number of ether oxygens (including phenoxy) is 2. The molecule has 8 nitrogen and oxygen atoms in total. The van der Waals surface area contributed by atoms with Crippen molar-refractivity contribution in [2.24, 2.45) is 0 Å². The summed E-state index contributed by atoms with van der Waals surface area (Å²) in [5, 5.41) is 5.36. The van der Waals surface area contributed by atoms with Crippen molar-refractivity contribution in [3.63, 3.8) is 0 Å². The predicted molar refractivity (Wildman–Crippen MR) is 127 cm³/mol. The first kappa shape index (κ1) is 24.2. The van der Waals surface area contributed by atoms with E-state index in [0.717, 1.165) is 0 Å². The summed E-state index contributed by atoms with van der Waals surface area (Å²) in [7, 11) is 0. The molecule has 3 aromatic carbocycles. The first-order valence-corrected chi connectivity index (χ1v) is 10.7. The van der Waals surface area contributed by atoms with Gasteiger partial charge in [-0.05, 0) is 50.2 Å². The minimum Gasteiger partial charge on any atom is -0.462 e. The molecule has 34 heavy (non-hydrogen) atoms. The molecule has 0 saturated carbocycles. The van der Waals surface area contributed by atoms with Gasteiger partial charge in [-0.15, -0.1) is 0 Å². The molecule has 0 bridgehead atoms. The van der Waals surface area contributed by atoms with E-state index >= 15 is 0 Å². The molecule has 0 heterocycles. The van der Waals surface area contributed by atoms with E-state index in [1.807, 2.05) is 0 Å². The van der Waals surface area contributed by atoms with Crippen molar-refractivity contribution in [3.05, 3.63) is 95.1 Å². The molecule has 0 atom stereocenters. The van der Waals surface area contributed by atoms with Gasteiger partial charge in [-0.25, -0.2) is 9.59 Å². The summed E-state index contributed by atoms with van der Waals surface area (Å²) < 4.78 is 10.1. The van der Waals surface area contributed by atoms with Crippen LogP contribution in [0.25, 0.3) is 0 Å². The fraction of sp³-hybridized carbons (Fsp3) is 0.154. The van der Waals surface area contributed by atoms with Crippen LogP contribution in [0.15, 0.2) is 72.8 Å². The maximum absolute atomic E-state index is 13.1. The monoisotopic (exact) mass is 460 g/mol. The average Bonchev–Trinajstić information content (AvgIpc) is 2.85. The van der Waals surface area contributed by atoms with Gasteiger partial charge in [-0.2, -0.15) is 0 Å². The molecule has 0 spiro atoms. The third-order valence-electron chi connectivity index (χ3n) is 4.76. The SMILES string of the molecule is CCOC(=O)c1ccccc1NC(=O)c1ccccc1C(=O)Nc1ccccc1C(=O)OCC. The maximum Gasteiger partial charge on any atom is 0.340 e. The molecule has 2 amide bonds. The van der Waals surface area contributed by atoms with E-state index in [1.165, 1.54) is 12.1 Å². The lowest BCUT2D eigenvalue weighted by Gasteiger charge is -2.14. The van der Waals surface area contributed by atoms with E-state index < -0.39 is 23.8 Å². The molecule has 0 aromatic heterocycles. The van der Waals surface area contributed by atoms with E-state index in [-0.39, 0.29) is 46.8 Å². The molecule has 0 saturated heterocycles. The number of hydrogen-bond donors (Lipinski definition) is 2. The lowest BCUT2D eigenvalue weighted by molar-refractivity contribution is 0.0517. The Morgan fingerprint density at radius 3 is 1.24 bits per heavy atom. The number of rotatable bonds is 8. The molecule has 0 aliphatic carbocycles. The summed E-state index contributed by atoms with van der Waals surface area (Å²) in [4.78, 5) is 50.6. The molecule has 0 fully saturated rings. The number of nitrogens with one attached hydrogen (secondary N) is 2. The zero-order valence-corrected chi connectivity index (χ0v) is 18.8. The van der Waals surface area contributed by atoms with Crippen molar-refractivity contribution >= 4 is 35.1 Å². The van der Waals surface area contributed by atoms with E-state index in [4.69, 9.17) is 9.47 Å². The van der Waals surface area contributed by atoms with Gasteiger partial charge >= 0.3 is 11.9 Å². The number of para-hydroxylation sites is 2. The summed E-state index contributed by atoms with van der Waals surface area (Å²) in [6.45, 7) is 3.76. The Balaban J connectivity index is 1.86. The molecular weight excluding hydrogens is 436 g/mol. The first-order chi connectivity index (χ1) is 16.5. The van der Waals surface area contributed by atoms with Crippen LogP contribution in [0.2, 0.25) is 0 Å². The number of carbonyl (C=O) groups is 4. The Labute approximate surface area is 196 Å². The molecule has 0 unspecified atom stereocenters. The number of hydrogen-bond acceptors (Lipinski definition) is 6. The third kappa shape index (κ3) is 5.66. The second kappa shape index (κ2) is 11.4. The van der Waals surface area contributed by atoms with Crippen molar-refractivity contribution < 1.29 is 28.7 Å². The molecule has 174 valence electrons. The van der Waals surface area contributed by atoms with Crippen LogP contribution in [0.1, 0.15) is 55.3 Å². The molecular formula is C26H24N2O6. The van der Waals surface area contributed by atoms with Gasteiger partial charge in [0.2, 0.25) is 0 Å². The lowest BCUT2D eigenvalue weighted by Crippen LogP contribution is -2.22. The number of benzene rings is 3. The summed E-state index contributed by atoms with van der Waals surface area (Å²) in [5.41, 5.74) is 1.09. The molecule has 3 aromatic rings. The normalized spacial score (nSPS) is 10.2. The number of anilines is 2. The summed E-state index contributed by atoms with van der Waals surface area (Å²) in [6.07, 6.45) is 0. The Morgan fingerprint density at radius 1 is 0.559 bits per heavy atom. The molecule has 3 rings (SSSR count). The zero-order valence-electron chi connectivity index (χ0n) is 18.8. The van der Waals surface area contributed by atoms with Crippen molar-refractivity contribution in [1.29, 1.82) is 0 Å². The molecule has 2 N–H and O–H groups in total. The predicted octanol–water partition coefficient (Wildman–Crippen LogP) is 4.54. The minimum atomic E-state index is -0.582. The van der Waals surface area contributed by atoms with Crippen LogP contribution in [0, 0.1) is 0 Å². The van der Waals surface area contributed by atoms with Crippen LogP contribution in [-0.4, -0.2) is 37.0 Å². The van der Waals surface area contributed by atoms with E-state index in [9.17, 15) is 19.2 Å². The highest BCUT2D eigenvalue weighted by Gasteiger charge is 2.21. The number of amides is 2. The Bertz CT molecular complexity index is 1130. The quantitative estimate of drug-likeness (QED) is 0.478. The van der Waals surface area contributed by atoms with Crippen molar-refractivity contribution in [2.75, 3.05) is 23.8 Å². The average molecular weight is 460 g/mol. The Morgan fingerprint density at radius 2 is 0.882 bits per heavy atom. The van der Waals surface area contributed by atoms with Crippen LogP contribution >= 0.6 is 0 Å². The fourth-order valence-corrected chi connectivity index (χ4v) is 3.22. The van der Waals surface area contributed by atoms with Crippen LogP contribution in [0.4, 0.5) is 11.4 Å². The first-order valence-electron chi connectivity index (χ1n) is 10.7. The highest BCUT2D eigenvalue weighted by atomic mass is 16.5. The Hall–Kier alpha value is -4.46. The van der Waals surface area contributed by atoms with Gasteiger partial charge in [0.15, 0.2) is 0 Å². The van der Waals surface area contributed by atoms with Crippen molar-refractivity contribution in [2.45, 2.75) is 13.8 Å². The fourth-order valence-electron chi connectivity index (χ4n) is 3.22. The van der Waals surface area contributed by atoms with Crippen molar-refractivity contribution in [3.8, 4) is 0 Å². The van der Waals surface area contributed by atoms with Gasteiger partial charge in [-0.3, -0.25) is 9.59 Å². The van der Waals surface area contributed by atoms with E-state index in [1.54, 1.807) is 74.5 Å². The minimum absolute atomic E-state index is 0.0901. The molecule has 8 heteroatoms. The van der Waals surface area contributed by atoms with Crippen LogP contribution < -0.4 is 10.6 Å². The standard InChI is InChI=1S/C26H24N2O6/c1-3-33-25(31)19-13-7-9-15-21(19)27-23(29)17-11-5-6-12-18(17)24(30)28-22-16-10-8-14-20(22)26(32)34-4-2/h5-16H,3-4H2,1-2H3,(H,27,29)(H,28,30). The molecule has 0 aliphatic heterocycles. The van der Waals surface area contributed by atoms with Crippen LogP contribution in [0.5, 0.6) is 0 Å². The maximum atomic E-state index is 13.1. The highest BCUT2D eigenvalue weighted by molar-refractivity contribution is 6.17. The van der Waals surface area contributed by atoms with Crippen LogP contribution in [-0.2, 0) is 9.47 Å². The van der Waals surface area contributed by atoms with Gasteiger partial charge in [0.05, 0.1) is 46.8 Å². The highest BCUT2D eigenvalue weighted by Crippen LogP contribution is 2.21. The number of carbonyl (C=O) groups excluding carboxylic acids is 4. The van der Waals surface area contributed by atoms with Gasteiger partial charge in [0.1, 0.15) is 0 Å². The zero-order chi connectivity index (χ0) is 24.5. The smallest absolute Gasteiger partial charge is 0.340 e. The van der Waals surface area contributed by atoms with Gasteiger partial charge in [-0.1, -0.05) is 36.4 Å². The summed E-state index contributed by atoms with van der Waals surface area (Å²) in [5.74, 6) is -2.30. The van der Waals surface area contributed by atoms with E-state index in [0.29, 0.717) is 0 Å². The summed E-state index contributed by atoms with van der Waals surface area (Å²) >= 11 is 0. The topological polar surface area (TPSA) is 111 Å². The second-order valence-electron chi connectivity index (χ2n) is 6.99. The lowest BCUT2D eigenvalue weighted by atomic mass is 10.0. The molecule has 0 aliphatic rings. The largest absolute Gasteiger partial charge is 0.462 e. The van der Waals surface area contributed by atoms with Gasteiger partial charge in [0.25, 0.3) is 11.8 Å². The van der Waals surface area contributed by atoms with Crippen molar-refractivity contribution in [1.82, 2.24) is 0 Å². The summed E-state index contributed by atoms with van der Waals surface area (Å²) in [6, 6.07) is 19.1. The van der Waals surface area contributed by atoms with Crippen LogP contribution in [0.3, 0.4) is 0 Å².